The summed E-state index contributed by atoms with van der Waals surface area (Å²) in [7, 11) is 13.4. The van der Waals surface area contributed by atoms with E-state index in [1.54, 1.807) is 0 Å². The van der Waals surface area contributed by atoms with Crippen molar-refractivity contribution >= 4 is 84.6 Å². The Hall–Kier alpha value is -4.58. The van der Waals surface area contributed by atoms with E-state index in [9.17, 15) is 0 Å². The van der Waals surface area contributed by atoms with Gasteiger partial charge in [-0.15, -0.1) is 69.1 Å². The first kappa shape index (κ1) is 54.2. The molecule has 10 aromatic carbocycles. The van der Waals surface area contributed by atoms with Crippen molar-refractivity contribution in [1.82, 2.24) is 4.14 Å². The van der Waals surface area contributed by atoms with Crippen molar-refractivity contribution < 1.29 is 20.8 Å². The van der Waals surface area contributed by atoms with Crippen LogP contribution in [0.2, 0.25) is 39.3 Å². The Balaban J connectivity index is 0.000000168. The minimum atomic E-state index is -1.22. The second-order valence-corrected chi connectivity index (χ2v) is 36.4. The molecule has 0 saturated carbocycles. The van der Waals surface area contributed by atoms with E-state index in [1.807, 2.05) is 0 Å². The Bertz CT molecular complexity index is 3160. The molecule has 0 aliphatic rings. The molecule has 0 fully saturated rings. The van der Waals surface area contributed by atoms with Crippen LogP contribution < -0.4 is 0 Å². The number of hydrogen-bond donors (Lipinski definition) is 0. The first-order valence-corrected chi connectivity index (χ1v) is 37.9. The van der Waals surface area contributed by atoms with Crippen LogP contribution in [0.1, 0.15) is 52.7 Å². The Morgan fingerprint density at radius 2 is 0.634 bits per heavy atom. The van der Waals surface area contributed by atoms with E-state index in [4.69, 9.17) is 25.0 Å². The van der Waals surface area contributed by atoms with E-state index in [0.29, 0.717) is 0 Å². The second-order valence-electron chi connectivity index (χ2n) is 22.5. The van der Waals surface area contributed by atoms with Gasteiger partial charge in [0.05, 0.1) is 0 Å². The van der Waals surface area contributed by atoms with Crippen LogP contribution in [0.5, 0.6) is 0 Å². The summed E-state index contributed by atoms with van der Waals surface area (Å²) in [6, 6.07) is 70.9. The van der Waals surface area contributed by atoms with Crippen molar-refractivity contribution in [3.8, 4) is 44.5 Å². The molecule has 0 aliphatic carbocycles. The third kappa shape index (κ3) is 12.8. The van der Waals surface area contributed by atoms with E-state index in [2.05, 4.69) is 279 Å². The molecule has 0 heterocycles. The van der Waals surface area contributed by atoms with Crippen molar-refractivity contribution in [3.05, 3.63) is 205 Å². The summed E-state index contributed by atoms with van der Waals surface area (Å²) < 4.78 is 2.15. The Kier molecular flexibility index (Phi) is 17.3. The van der Waals surface area contributed by atoms with Gasteiger partial charge < -0.3 is 4.14 Å². The molecule has 10 aromatic rings. The van der Waals surface area contributed by atoms with E-state index in [0.717, 1.165) is 0 Å². The molecule has 0 aromatic heterocycles. The minimum absolute atomic E-state index is 0.144. The SMILES string of the molecule is CC(C)(C)c1cc2c(-c3ccccc3-c3cccc4ccccc34)cccc2[cH-]1.CC(C)(C)c1cc2c(-c3ccccc3-c3cccc4ccccc34)cccc2[cH-]1.[B]N([Si](C)(C)C)[Si](C)(C)C.[Cl][Zr+2][Cl]. The zero-order chi connectivity index (χ0) is 51.3. The molecule has 0 atom stereocenters. The summed E-state index contributed by atoms with van der Waals surface area (Å²) in [6.45, 7) is 27.4. The van der Waals surface area contributed by atoms with Gasteiger partial charge in [-0.1, -0.05) is 238 Å². The van der Waals surface area contributed by atoms with Gasteiger partial charge in [0.25, 0.3) is 0 Å². The van der Waals surface area contributed by atoms with Crippen molar-refractivity contribution in [3.63, 3.8) is 0 Å². The van der Waals surface area contributed by atoms with Gasteiger partial charge in [-0.05, 0) is 65.8 Å². The number of nitrogens with zero attached hydrogens (tertiary/aromatic N) is 1. The number of fused-ring (bicyclic) bond motifs is 4. The normalized spacial score (nSPS) is 11.9. The Morgan fingerprint density at radius 1 is 0.380 bits per heavy atom. The van der Waals surface area contributed by atoms with Crippen molar-refractivity contribution in [2.45, 2.75) is 91.7 Å². The topological polar surface area (TPSA) is 3.24 Å². The Morgan fingerprint density at radius 3 is 0.930 bits per heavy atom. The van der Waals surface area contributed by atoms with Gasteiger partial charge in [-0.25, -0.2) is 0 Å². The standard InChI is InChI=1S/2C29H25.C6H18BNSi2.2ClH.Zr/c2*1-29(2,3)22-18-21-12-9-17-27(28(21)19-22)26-15-7-6-14-25(26)24-16-8-11-20-10-4-5-13-23(20)24;1-9(2,3)8(7)10(4,5)6;;;/h2*4-19H,1-3H3;1-6H3;2*1H;/q2*-1;;;;+4/p-2. The van der Waals surface area contributed by atoms with E-state index >= 15 is 0 Å². The van der Waals surface area contributed by atoms with Gasteiger partial charge in [-0.3, -0.25) is 0 Å². The molecule has 0 bridgehead atoms. The fourth-order valence-corrected chi connectivity index (χ4v) is 17.7. The molecule has 358 valence electrons. The summed E-state index contributed by atoms with van der Waals surface area (Å²) in [5, 5.41) is 10.5. The van der Waals surface area contributed by atoms with Gasteiger partial charge in [-0.2, -0.15) is 12.1 Å². The average molecular weight is 1080 g/mol. The summed E-state index contributed by atoms with van der Waals surface area (Å²) >= 11 is -0.826. The number of rotatable bonds is 6. The van der Waals surface area contributed by atoms with Crippen molar-refractivity contribution in [2.75, 3.05) is 0 Å². The number of halogens is 2. The molecular formula is C64H68BCl2NSi2Zr. The van der Waals surface area contributed by atoms with Gasteiger partial charge in [0, 0.05) is 0 Å². The number of benzene rings is 8. The van der Waals surface area contributed by atoms with Crippen LogP contribution in [0.4, 0.5) is 0 Å². The molecule has 0 saturated heterocycles. The predicted molar refractivity (Wildman–Crippen MR) is 319 cm³/mol. The van der Waals surface area contributed by atoms with Crippen LogP contribution in [-0.2, 0) is 31.7 Å². The summed E-state index contributed by atoms with van der Waals surface area (Å²) in [5.74, 6) is 0. The molecule has 10 rings (SSSR count). The fraction of sp³-hybridized carbons (Fsp3) is 0.219. The average Bonchev–Trinajstić information content (AvgIpc) is 4.00. The van der Waals surface area contributed by atoms with Gasteiger partial charge in [0.15, 0.2) is 7.98 Å². The van der Waals surface area contributed by atoms with E-state index < -0.39 is 37.3 Å². The van der Waals surface area contributed by atoms with Crippen LogP contribution in [-0.4, -0.2) is 28.6 Å². The van der Waals surface area contributed by atoms with Crippen LogP contribution in [0.3, 0.4) is 0 Å². The second kappa shape index (κ2) is 22.7. The van der Waals surface area contributed by atoms with Crippen LogP contribution in [0, 0.1) is 0 Å². The van der Waals surface area contributed by atoms with Crippen LogP contribution >= 0.6 is 17.0 Å². The van der Waals surface area contributed by atoms with E-state index in [1.165, 1.54) is 98.7 Å². The quantitative estimate of drug-likeness (QED) is 0.118. The monoisotopic (exact) mass is 1080 g/mol. The van der Waals surface area contributed by atoms with E-state index in [-0.39, 0.29) is 10.8 Å². The van der Waals surface area contributed by atoms with Crippen molar-refractivity contribution in [2.24, 2.45) is 0 Å². The predicted octanol–water partition coefficient (Wildman–Crippen LogP) is 20.1. The maximum absolute atomic E-state index is 5.98. The first-order chi connectivity index (χ1) is 33.6. The number of hydrogen-bond acceptors (Lipinski definition) is 1. The summed E-state index contributed by atoms with van der Waals surface area (Å²) in [5.41, 5.74) is 13.4. The molecule has 0 amide bonds. The molecule has 71 heavy (non-hydrogen) atoms. The molecule has 1 nitrogen and oxygen atoms in total. The fourth-order valence-electron chi connectivity index (χ4n) is 9.64. The van der Waals surface area contributed by atoms with Crippen LogP contribution in [0.15, 0.2) is 194 Å². The molecule has 0 unspecified atom stereocenters. The van der Waals surface area contributed by atoms with Crippen LogP contribution in [0.25, 0.3) is 87.6 Å². The summed E-state index contributed by atoms with van der Waals surface area (Å²) in [6.07, 6.45) is 0. The third-order valence-corrected chi connectivity index (χ3v) is 20.2. The Labute approximate surface area is 447 Å². The molecular weight excluding hydrogens is 1010 g/mol. The molecule has 0 spiro atoms. The first-order valence-electron chi connectivity index (χ1n) is 24.7. The zero-order valence-electron chi connectivity index (χ0n) is 43.8. The molecule has 2 radical (unpaired) electrons. The third-order valence-electron chi connectivity index (χ3n) is 13.3. The maximum atomic E-state index is 5.98. The molecule has 7 heteroatoms. The van der Waals surface area contributed by atoms with Gasteiger partial charge in [0.1, 0.15) is 16.5 Å². The zero-order valence-corrected chi connectivity index (χ0v) is 49.7. The molecule has 0 aliphatic heterocycles. The van der Waals surface area contributed by atoms with Gasteiger partial charge in [0.2, 0.25) is 0 Å². The summed E-state index contributed by atoms with van der Waals surface area (Å²) in [4.78, 5) is 0. The van der Waals surface area contributed by atoms with Gasteiger partial charge >= 0.3 is 37.9 Å². The van der Waals surface area contributed by atoms with Crippen molar-refractivity contribution in [1.29, 1.82) is 0 Å². The molecule has 0 N–H and O–H groups in total.